The molecule has 2 aliphatic rings. The summed E-state index contributed by atoms with van der Waals surface area (Å²) < 4.78 is 5.28. The number of benzene rings is 2. The highest BCUT2D eigenvalue weighted by Crippen LogP contribution is 2.31. The van der Waals surface area contributed by atoms with E-state index in [1.165, 1.54) is 5.56 Å². The van der Waals surface area contributed by atoms with Crippen LogP contribution in [0.5, 0.6) is 5.75 Å². The van der Waals surface area contributed by atoms with E-state index in [-0.39, 0.29) is 11.8 Å². The van der Waals surface area contributed by atoms with Gasteiger partial charge in [-0.25, -0.2) is 4.98 Å². The molecule has 0 radical (unpaired) electrons. The second-order valence-corrected chi connectivity index (χ2v) is 8.26. The van der Waals surface area contributed by atoms with E-state index in [4.69, 9.17) is 10.1 Å². The molecular formula is C24H27N5O2. The lowest BCUT2D eigenvalue weighted by atomic mass is 10.0. The average Bonchev–Trinajstić information content (AvgIpc) is 3.34. The molecule has 0 bridgehead atoms. The lowest BCUT2D eigenvalue weighted by Gasteiger charge is -2.37. The van der Waals surface area contributed by atoms with Gasteiger partial charge in [0.15, 0.2) is 0 Å². The van der Waals surface area contributed by atoms with Gasteiger partial charge in [0.05, 0.1) is 30.3 Å². The Hall–Kier alpha value is -3.32. The van der Waals surface area contributed by atoms with Gasteiger partial charge in [0.25, 0.3) is 0 Å². The molecule has 0 saturated carbocycles. The molecule has 1 fully saturated rings. The van der Waals surface area contributed by atoms with Crippen molar-refractivity contribution in [2.75, 3.05) is 26.7 Å². The molecule has 2 aliphatic heterocycles. The lowest BCUT2D eigenvalue weighted by Crippen LogP contribution is -2.45. The standard InChI is InChI=1S/C24H27N5O2/c1-31-18-7-8-19-20(13-18)27-24(26-19)22-21(30)15-29(23(22)25)17-9-11-28(12-10-17)14-16-5-3-2-4-6-16/h2-8,13,17,25,30H,9-12,14-15H2,1H3,(H,26,27). The molecule has 0 aliphatic carbocycles. The van der Waals surface area contributed by atoms with Crippen molar-refractivity contribution in [1.82, 2.24) is 19.8 Å². The monoisotopic (exact) mass is 417 g/mol. The predicted molar refractivity (Wildman–Crippen MR) is 121 cm³/mol. The summed E-state index contributed by atoms with van der Waals surface area (Å²) in [6.45, 7) is 3.31. The van der Waals surface area contributed by atoms with E-state index in [0.29, 0.717) is 23.8 Å². The number of H-pyrrole nitrogens is 1. The summed E-state index contributed by atoms with van der Waals surface area (Å²) in [7, 11) is 1.63. The molecule has 3 aromatic rings. The number of methoxy groups -OCH3 is 1. The van der Waals surface area contributed by atoms with Crippen LogP contribution in [0.2, 0.25) is 0 Å². The number of imidazole rings is 1. The molecule has 7 nitrogen and oxygen atoms in total. The van der Waals surface area contributed by atoms with E-state index < -0.39 is 0 Å². The van der Waals surface area contributed by atoms with E-state index >= 15 is 0 Å². The molecule has 1 aromatic heterocycles. The fourth-order valence-electron chi connectivity index (χ4n) is 4.63. The third kappa shape index (κ3) is 3.77. The molecule has 3 heterocycles. The zero-order chi connectivity index (χ0) is 21.4. The Balaban J connectivity index is 1.27. The molecule has 0 amide bonds. The zero-order valence-corrected chi connectivity index (χ0v) is 17.6. The first-order chi connectivity index (χ1) is 15.1. The molecule has 160 valence electrons. The van der Waals surface area contributed by atoms with Crippen LogP contribution in [0.3, 0.4) is 0 Å². The molecule has 5 rings (SSSR count). The second kappa shape index (κ2) is 8.07. The van der Waals surface area contributed by atoms with E-state index in [1.54, 1.807) is 7.11 Å². The molecule has 0 unspecified atom stereocenters. The Bertz CT molecular complexity index is 1130. The van der Waals surface area contributed by atoms with Crippen molar-refractivity contribution in [3.8, 4) is 5.75 Å². The summed E-state index contributed by atoms with van der Waals surface area (Å²) in [4.78, 5) is 12.3. The van der Waals surface area contributed by atoms with Crippen molar-refractivity contribution in [1.29, 1.82) is 5.41 Å². The summed E-state index contributed by atoms with van der Waals surface area (Å²) in [5, 5.41) is 19.4. The van der Waals surface area contributed by atoms with Gasteiger partial charge >= 0.3 is 0 Å². The maximum absolute atomic E-state index is 10.7. The number of amidine groups is 1. The van der Waals surface area contributed by atoms with E-state index in [1.807, 2.05) is 29.2 Å². The highest BCUT2D eigenvalue weighted by atomic mass is 16.5. The Morgan fingerprint density at radius 2 is 1.94 bits per heavy atom. The summed E-state index contributed by atoms with van der Waals surface area (Å²) in [6, 6.07) is 16.4. The molecule has 31 heavy (non-hydrogen) atoms. The molecular weight excluding hydrogens is 390 g/mol. The van der Waals surface area contributed by atoms with Gasteiger partial charge < -0.3 is 19.7 Å². The van der Waals surface area contributed by atoms with E-state index in [9.17, 15) is 5.11 Å². The van der Waals surface area contributed by atoms with Crippen LogP contribution in [0.15, 0.2) is 54.3 Å². The first-order valence-corrected chi connectivity index (χ1v) is 10.7. The van der Waals surface area contributed by atoms with Crippen LogP contribution in [0, 0.1) is 5.41 Å². The van der Waals surface area contributed by atoms with Crippen LogP contribution in [-0.2, 0) is 6.54 Å². The Kier molecular flexibility index (Phi) is 5.11. The second-order valence-electron chi connectivity index (χ2n) is 8.26. The van der Waals surface area contributed by atoms with Crippen molar-refractivity contribution < 1.29 is 9.84 Å². The number of hydrogen-bond acceptors (Lipinski definition) is 5. The minimum Gasteiger partial charge on any atom is -0.510 e. The molecule has 0 spiro atoms. The van der Waals surface area contributed by atoms with Gasteiger partial charge in [0.1, 0.15) is 23.2 Å². The van der Waals surface area contributed by atoms with Crippen molar-refractivity contribution >= 4 is 22.4 Å². The number of nitrogens with zero attached hydrogens (tertiary/aromatic N) is 3. The summed E-state index contributed by atoms with van der Waals surface area (Å²) >= 11 is 0. The zero-order valence-electron chi connectivity index (χ0n) is 17.6. The van der Waals surface area contributed by atoms with Gasteiger partial charge in [0, 0.05) is 31.7 Å². The smallest absolute Gasteiger partial charge is 0.145 e. The van der Waals surface area contributed by atoms with Gasteiger partial charge in [0.2, 0.25) is 0 Å². The first-order valence-electron chi connectivity index (χ1n) is 10.7. The van der Waals surface area contributed by atoms with Gasteiger partial charge in [-0.15, -0.1) is 0 Å². The van der Waals surface area contributed by atoms with Gasteiger partial charge in [-0.2, -0.15) is 0 Å². The Labute approximate surface area is 181 Å². The Morgan fingerprint density at radius 3 is 2.68 bits per heavy atom. The minimum absolute atomic E-state index is 0.211. The fourth-order valence-corrected chi connectivity index (χ4v) is 4.63. The van der Waals surface area contributed by atoms with Crippen LogP contribution in [0.4, 0.5) is 0 Å². The SMILES string of the molecule is COc1ccc2nc(C3=C(O)CN(C4CCN(Cc5ccccc5)CC4)C3=N)[nH]c2c1. The molecule has 3 N–H and O–H groups in total. The van der Waals surface area contributed by atoms with Gasteiger partial charge in [-0.1, -0.05) is 30.3 Å². The number of likely N-dealkylation sites (tertiary alicyclic amines) is 1. The molecule has 2 aromatic carbocycles. The van der Waals surface area contributed by atoms with Crippen LogP contribution in [0.1, 0.15) is 24.2 Å². The average molecular weight is 418 g/mol. The molecule has 7 heteroatoms. The summed E-state index contributed by atoms with van der Waals surface area (Å²) in [6.07, 6.45) is 1.96. The van der Waals surface area contributed by atoms with Gasteiger partial charge in [-0.05, 0) is 30.5 Å². The summed E-state index contributed by atoms with van der Waals surface area (Å²) in [5.74, 6) is 1.84. The lowest BCUT2D eigenvalue weighted by molar-refractivity contribution is 0.149. The van der Waals surface area contributed by atoms with Crippen molar-refractivity contribution in [3.05, 3.63) is 65.7 Å². The van der Waals surface area contributed by atoms with Gasteiger partial charge in [-0.3, -0.25) is 10.3 Å². The van der Waals surface area contributed by atoms with Crippen molar-refractivity contribution in [2.45, 2.75) is 25.4 Å². The predicted octanol–water partition coefficient (Wildman–Crippen LogP) is 3.80. The third-order valence-corrected chi connectivity index (χ3v) is 6.31. The topological polar surface area (TPSA) is 88.5 Å². The number of piperidine rings is 1. The van der Waals surface area contributed by atoms with Crippen molar-refractivity contribution in [2.24, 2.45) is 0 Å². The Morgan fingerprint density at radius 1 is 1.16 bits per heavy atom. The first kappa shape index (κ1) is 19.6. The molecule has 0 atom stereocenters. The quantitative estimate of drug-likeness (QED) is 0.588. The minimum atomic E-state index is 0.211. The van der Waals surface area contributed by atoms with E-state index in [0.717, 1.165) is 49.3 Å². The largest absolute Gasteiger partial charge is 0.510 e. The number of fused-ring (bicyclic) bond motifs is 1. The highest BCUT2D eigenvalue weighted by Gasteiger charge is 2.36. The van der Waals surface area contributed by atoms with Crippen LogP contribution < -0.4 is 4.74 Å². The fraction of sp³-hybridized carbons (Fsp3) is 0.333. The highest BCUT2D eigenvalue weighted by molar-refractivity contribution is 6.23. The number of aromatic amines is 1. The van der Waals surface area contributed by atoms with E-state index in [2.05, 4.69) is 39.1 Å². The number of ether oxygens (including phenoxy) is 1. The maximum Gasteiger partial charge on any atom is 0.145 e. The number of nitrogens with one attached hydrogen (secondary N) is 2. The van der Waals surface area contributed by atoms with Crippen LogP contribution >= 0.6 is 0 Å². The third-order valence-electron chi connectivity index (χ3n) is 6.31. The van der Waals surface area contributed by atoms with Crippen molar-refractivity contribution in [3.63, 3.8) is 0 Å². The molecule has 1 saturated heterocycles. The summed E-state index contributed by atoms with van der Waals surface area (Å²) in [5.41, 5.74) is 3.45. The van der Waals surface area contributed by atoms with Crippen LogP contribution in [0.25, 0.3) is 16.6 Å². The number of aromatic nitrogens is 2. The number of aliphatic hydroxyl groups is 1. The number of rotatable bonds is 5. The maximum atomic E-state index is 10.7. The normalized spacial score (nSPS) is 18.4. The number of hydrogen-bond donors (Lipinski definition) is 3. The number of aliphatic hydroxyl groups excluding tert-OH is 1. The van der Waals surface area contributed by atoms with Crippen LogP contribution in [-0.4, -0.2) is 63.5 Å².